The Morgan fingerprint density at radius 3 is 2.70 bits per heavy atom. The third-order valence-corrected chi connectivity index (χ3v) is 5.38. The summed E-state index contributed by atoms with van der Waals surface area (Å²) in [5.41, 5.74) is 1.97. The molecule has 2 aromatic rings. The van der Waals surface area contributed by atoms with Crippen molar-refractivity contribution < 1.29 is 9.53 Å². The van der Waals surface area contributed by atoms with E-state index in [9.17, 15) is 10.1 Å². The Kier molecular flexibility index (Phi) is 5.54. The van der Waals surface area contributed by atoms with Crippen LogP contribution in [0.25, 0.3) is 0 Å². The number of hydrogen-bond acceptors (Lipinski definition) is 5. The maximum Gasteiger partial charge on any atom is 0.410 e. The summed E-state index contributed by atoms with van der Waals surface area (Å²) in [5, 5.41) is 10.9. The van der Waals surface area contributed by atoms with Gasteiger partial charge in [0.15, 0.2) is 0 Å². The fourth-order valence-corrected chi connectivity index (χ4v) is 4.04. The molecule has 140 valence electrons. The van der Waals surface area contributed by atoms with E-state index in [1.165, 1.54) is 11.3 Å². The Labute approximate surface area is 167 Å². The largest absolute Gasteiger partial charge is 0.444 e. The van der Waals surface area contributed by atoms with E-state index in [-0.39, 0.29) is 6.09 Å². The van der Waals surface area contributed by atoms with Crippen LogP contribution in [0.3, 0.4) is 0 Å². The minimum absolute atomic E-state index is 0.328. The van der Waals surface area contributed by atoms with Gasteiger partial charge in [-0.05, 0) is 50.5 Å². The first-order valence-corrected chi connectivity index (χ1v) is 9.78. The number of fused-ring (bicyclic) bond motifs is 1. The predicted octanol–water partition coefficient (Wildman–Crippen LogP) is 5.32. The molecule has 0 unspecified atom stereocenters. The van der Waals surface area contributed by atoms with Gasteiger partial charge in [0.1, 0.15) is 16.7 Å². The van der Waals surface area contributed by atoms with Gasteiger partial charge in [0.05, 0.1) is 12.1 Å². The minimum atomic E-state index is -0.529. The van der Waals surface area contributed by atoms with Crippen LogP contribution in [-0.2, 0) is 17.7 Å². The maximum atomic E-state index is 12.3. The Morgan fingerprint density at radius 1 is 1.37 bits per heavy atom. The van der Waals surface area contributed by atoms with Crippen molar-refractivity contribution in [3.8, 4) is 6.07 Å². The van der Waals surface area contributed by atoms with Gasteiger partial charge in [-0.2, -0.15) is 5.26 Å². The second kappa shape index (κ2) is 7.71. The van der Waals surface area contributed by atoms with Crippen molar-refractivity contribution >= 4 is 40.2 Å². The summed E-state index contributed by atoms with van der Waals surface area (Å²) in [6.45, 7) is 6.53. The van der Waals surface area contributed by atoms with E-state index in [2.05, 4.69) is 11.1 Å². The van der Waals surface area contributed by atoms with E-state index >= 15 is 0 Å². The SMILES string of the molecule is CC(C)(C)OC(=O)N1CCc2c(sc(N=Cc3ccc(Cl)cc3)c2C#N)C1. The first kappa shape index (κ1) is 19.4. The zero-order valence-corrected chi connectivity index (χ0v) is 17.0. The predicted molar refractivity (Wildman–Crippen MR) is 108 cm³/mol. The highest BCUT2D eigenvalue weighted by Gasteiger charge is 2.29. The molecule has 0 saturated heterocycles. The molecule has 1 aliphatic rings. The summed E-state index contributed by atoms with van der Waals surface area (Å²) in [5.74, 6) is 0. The van der Waals surface area contributed by atoms with Gasteiger partial charge in [-0.25, -0.2) is 9.79 Å². The van der Waals surface area contributed by atoms with Crippen molar-refractivity contribution in [3.63, 3.8) is 0 Å². The van der Waals surface area contributed by atoms with Gasteiger partial charge >= 0.3 is 6.09 Å². The number of halogens is 1. The Balaban J connectivity index is 1.81. The van der Waals surface area contributed by atoms with Crippen LogP contribution in [0.5, 0.6) is 0 Å². The highest BCUT2D eigenvalue weighted by molar-refractivity contribution is 7.16. The summed E-state index contributed by atoms with van der Waals surface area (Å²) < 4.78 is 5.46. The second-order valence-electron chi connectivity index (χ2n) is 7.26. The van der Waals surface area contributed by atoms with Crippen LogP contribution in [0.15, 0.2) is 29.3 Å². The quantitative estimate of drug-likeness (QED) is 0.640. The first-order chi connectivity index (χ1) is 12.8. The standard InChI is InChI=1S/C20H20ClN3O2S/c1-20(2,3)26-19(25)24-9-8-15-16(10-22)18(27-17(15)12-24)23-11-13-4-6-14(21)7-5-13/h4-7,11H,8-9,12H2,1-3H3. The van der Waals surface area contributed by atoms with Gasteiger partial charge < -0.3 is 9.64 Å². The molecule has 1 amide bonds. The molecular weight excluding hydrogens is 382 g/mol. The second-order valence-corrected chi connectivity index (χ2v) is 8.78. The number of benzene rings is 1. The lowest BCUT2D eigenvalue weighted by Gasteiger charge is -2.29. The fraction of sp³-hybridized carbons (Fsp3) is 0.350. The van der Waals surface area contributed by atoms with Crippen LogP contribution in [0.1, 0.15) is 42.3 Å². The fourth-order valence-electron chi connectivity index (χ4n) is 2.76. The van der Waals surface area contributed by atoms with E-state index in [4.69, 9.17) is 16.3 Å². The van der Waals surface area contributed by atoms with E-state index in [0.29, 0.717) is 35.1 Å². The molecule has 0 bridgehead atoms. The molecule has 0 fully saturated rings. The number of hydrogen-bond donors (Lipinski definition) is 0. The van der Waals surface area contributed by atoms with Crippen molar-refractivity contribution in [2.75, 3.05) is 6.54 Å². The van der Waals surface area contributed by atoms with Gasteiger partial charge in [0.2, 0.25) is 0 Å². The van der Waals surface area contributed by atoms with Gasteiger partial charge in [-0.15, -0.1) is 11.3 Å². The van der Waals surface area contributed by atoms with Crippen molar-refractivity contribution in [1.29, 1.82) is 5.26 Å². The number of nitrogens with zero attached hydrogens (tertiary/aromatic N) is 3. The smallest absolute Gasteiger partial charge is 0.410 e. The van der Waals surface area contributed by atoms with Crippen LogP contribution in [-0.4, -0.2) is 29.4 Å². The van der Waals surface area contributed by atoms with E-state index in [1.807, 2.05) is 32.9 Å². The third-order valence-electron chi connectivity index (χ3n) is 4.00. The van der Waals surface area contributed by atoms with Crippen molar-refractivity contribution in [2.24, 2.45) is 4.99 Å². The monoisotopic (exact) mass is 401 g/mol. The molecule has 3 rings (SSSR count). The van der Waals surface area contributed by atoms with Crippen LogP contribution in [0, 0.1) is 11.3 Å². The maximum absolute atomic E-state index is 12.3. The Bertz CT molecular complexity index is 920. The normalized spacial score (nSPS) is 14.1. The lowest BCUT2D eigenvalue weighted by atomic mass is 10.0. The zero-order valence-electron chi connectivity index (χ0n) is 15.5. The molecule has 5 nitrogen and oxygen atoms in total. The highest BCUT2D eigenvalue weighted by atomic mass is 35.5. The average molecular weight is 402 g/mol. The van der Waals surface area contributed by atoms with Gasteiger partial charge in [-0.3, -0.25) is 0 Å². The Hall–Kier alpha value is -2.36. The van der Waals surface area contributed by atoms with Crippen molar-refractivity contribution in [2.45, 2.75) is 39.3 Å². The van der Waals surface area contributed by atoms with E-state index in [0.717, 1.165) is 16.0 Å². The zero-order chi connectivity index (χ0) is 19.6. The molecule has 0 radical (unpaired) electrons. The van der Waals surface area contributed by atoms with Gasteiger partial charge in [0.25, 0.3) is 0 Å². The number of aliphatic imine (C=N–C) groups is 1. The number of nitriles is 1. The number of ether oxygens (including phenoxy) is 1. The topological polar surface area (TPSA) is 65.7 Å². The van der Waals surface area contributed by atoms with Crippen LogP contribution in [0.4, 0.5) is 9.80 Å². The minimum Gasteiger partial charge on any atom is -0.444 e. The number of amides is 1. The van der Waals surface area contributed by atoms with Crippen molar-refractivity contribution in [1.82, 2.24) is 4.90 Å². The number of thiophene rings is 1. The molecular formula is C20H20ClN3O2S. The molecule has 1 aliphatic heterocycles. The molecule has 27 heavy (non-hydrogen) atoms. The molecule has 2 heterocycles. The molecule has 1 aromatic carbocycles. The lowest BCUT2D eigenvalue weighted by molar-refractivity contribution is 0.0226. The number of rotatable bonds is 2. The summed E-state index contributed by atoms with van der Waals surface area (Å²) in [6.07, 6.45) is 2.02. The van der Waals surface area contributed by atoms with Crippen molar-refractivity contribution in [3.05, 3.63) is 50.9 Å². The molecule has 1 aromatic heterocycles. The molecule has 0 spiro atoms. The average Bonchev–Trinajstić information content (AvgIpc) is 2.96. The molecule has 0 N–H and O–H groups in total. The van der Waals surface area contributed by atoms with Crippen LogP contribution in [0.2, 0.25) is 5.02 Å². The lowest BCUT2D eigenvalue weighted by Crippen LogP contribution is -2.39. The highest BCUT2D eigenvalue weighted by Crippen LogP contribution is 2.38. The summed E-state index contributed by atoms with van der Waals surface area (Å²) in [7, 11) is 0. The Morgan fingerprint density at radius 2 is 2.07 bits per heavy atom. The molecule has 0 aliphatic carbocycles. The summed E-state index contributed by atoms with van der Waals surface area (Å²) in [4.78, 5) is 19.5. The molecule has 7 heteroatoms. The van der Waals surface area contributed by atoms with Gasteiger partial charge in [-0.1, -0.05) is 23.7 Å². The third kappa shape index (κ3) is 4.68. The van der Waals surface area contributed by atoms with Gasteiger partial charge in [0, 0.05) is 22.7 Å². The van der Waals surface area contributed by atoms with Crippen LogP contribution < -0.4 is 0 Å². The van der Waals surface area contributed by atoms with E-state index < -0.39 is 5.60 Å². The summed E-state index contributed by atoms with van der Waals surface area (Å²) >= 11 is 7.35. The summed E-state index contributed by atoms with van der Waals surface area (Å²) in [6, 6.07) is 9.61. The number of carbonyl (C=O) groups excluding carboxylic acids is 1. The molecule has 0 saturated carbocycles. The number of carbonyl (C=O) groups is 1. The van der Waals surface area contributed by atoms with Crippen LogP contribution >= 0.6 is 22.9 Å². The first-order valence-electron chi connectivity index (χ1n) is 8.59. The molecule has 0 atom stereocenters. The van der Waals surface area contributed by atoms with E-state index in [1.54, 1.807) is 23.2 Å².